The quantitative estimate of drug-likeness (QED) is 0.742. The molecule has 1 unspecified atom stereocenters. The maximum absolute atomic E-state index is 12.1. The normalized spacial score (nSPS) is 11.8. The molecule has 0 spiro atoms. The van der Waals surface area contributed by atoms with E-state index in [4.69, 9.17) is 27.9 Å². The van der Waals surface area contributed by atoms with E-state index in [2.05, 4.69) is 21.2 Å². The Hall–Kier alpha value is -1.23. The lowest BCUT2D eigenvalue weighted by molar-refractivity contribution is -0.141. The molecule has 0 bridgehead atoms. The first kappa shape index (κ1) is 16.1. The number of carbonyl (C=O) groups is 1. The molecule has 0 amide bonds. The summed E-state index contributed by atoms with van der Waals surface area (Å²) < 4.78 is 5.60. The SMILES string of the molecule is COC(=O)C(Nc1ccc(Cl)cc1)c1ccc(Cl)cc1Br. The van der Waals surface area contributed by atoms with E-state index in [1.54, 1.807) is 42.5 Å². The Morgan fingerprint density at radius 1 is 1.14 bits per heavy atom. The number of anilines is 1. The first-order valence-electron chi connectivity index (χ1n) is 6.06. The highest BCUT2D eigenvalue weighted by atomic mass is 79.9. The zero-order valence-corrected chi connectivity index (χ0v) is 14.2. The summed E-state index contributed by atoms with van der Waals surface area (Å²) in [7, 11) is 1.35. The predicted octanol–water partition coefficient (Wildman–Crippen LogP) is 5.08. The van der Waals surface area contributed by atoms with E-state index in [0.717, 1.165) is 15.7 Å². The van der Waals surface area contributed by atoms with Crippen LogP contribution >= 0.6 is 39.1 Å². The van der Waals surface area contributed by atoms with Crippen molar-refractivity contribution < 1.29 is 9.53 Å². The maximum atomic E-state index is 12.1. The molecule has 0 aromatic heterocycles. The van der Waals surface area contributed by atoms with E-state index in [9.17, 15) is 4.79 Å². The number of benzene rings is 2. The van der Waals surface area contributed by atoms with Gasteiger partial charge in [-0.2, -0.15) is 0 Å². The summed E-state index contributed by atoms with van der Waals surface area (Å²) in [6.45, 7) is 0. The van der Waals surface area contributed by atoms with Crippen LogP contribution in [0.2, 0.25) is 10.0 Å². The third-order valence-corrected chi connectivity index (χ3v) is 4.04. The van der Waals surface area contributed by atoms with E-state index in [0.29, 0.717) is 10.0 Å². The molecule has 2 rings (SSSR count). The summed E-state index contributed by atoms with van der Waals surface area (Å²) in [4.78, 5) is 12.1. The zero-order chi connectivity index (χ0) is 15.4. The van der Waals surface area contributed by atoms with Gasteiger partial charge in [-0.1, -0.05) is 45.2 Å². The smallest absolute Gasteiger partial charge is 0.333 e. The number of hydrogen-bond donors (Lipinski definition) is 1. The highest BCUT2D eigenvalue weighted by molar-refractivity contribution is 9.10. The van der Waals surface area contributed by atoms with Crippen LogP contribution in [0.25, 0.3) is 0 Å². The van der Waals surface area contributed by atoms with Crippen LogP contribution in [0, 0.1) is 0 Å². The van der Waals surface area contributed by atoms with Crippen molar-refractivity contribution in [1.82, 2.24) is 0 Å². The minimum atomic E-state index is -0.650. The number of nitrogens with one attached hydrogen (secondary N) is 1. The molecular formula is C15H12BrCl2NO2. The number of methoxy groups -OCH3 is 1. The van der Waals surface area contributed by atoms with Gasteiger partial charge in [0.25, 0.3) is 0 Å². The van der Waals surface area contributed by atoms with Crippen LogP contribution in [0.15, 0.2) is 46.9 Å². The van der Waals surface area contributed by atoms with E-state index < -0.39 is 12.0 Å². The standard InChI is InChI=1S/C15H12BrCl2NO2/c1-21-15(20)14(12-7-4-10(18)8-13(12)16)19-11-5-2-9(17)3-6-11/h2-8,14,19H,1H3. The minimum absolute atomic E-state index is 0.395. The van der Waals surface area contributed by atoms with Crippen molar-refractivity contribution in [3.63, 3.8) is 0 Å². The lowest BCUT2D eigenvalue weighted by Gasteiger charge is -2.19. The van der Waals surface area contributed by atoms with E-state index >= 15 is 0 Å². The van der Waals surface area contributed by atoms with E-state index in [-0.39, 0.29) is 0 Å². The second-order valence-electron chi connectivity index (χ2n) is 4.27. The fourth-order valence-corrected chi connectivity index (χ4v) is 2.87. The second-order valence-corrected chi connectivity index (χ2v) is 6.00. The first-order valence-corrected chi connectivity index (χ1v) is 7.61. The molecule has 0 saturated heterocycles. The van der Waals surface area contributed by atoms with Gasteiger partial charge in [0.2, 0.25) is 0 Å². The van der Waals surface area contributed by atoms with Gasteiger partial charge in [0.1, 0.15) is 0 Å². The largest absolute Gasteiger partial charge is 0.467 e. The van der Waals surface area contributed by atoms with Gasteiger partial charge in [-0.25, -0.2) is 4.79 Å². The van der Waals surface area contributed by atoms with Gasteiger partial charge in [0.05, 0.1) is 7.11 Å². The summed E-state index contributed by atoms with van der Waals surface area (Å²) in [5.41, 5.74) is 1.50. The molecule has 2 aromatic rings. The molecule has 0 aliphatic carbocycles. The third-order valence-electron chi connectivity index (χ3n) is 2.87. The third kappa shape index (κ3) is 4.13. The number of carbonyl (C=O) groups excluding carboxylic acids is 1. The fraction of sp³-hybridized carbons (Fsp3) is 0.133. The Labute approximate surface area is 141 Å². The molecule has 0 radical (unpaired) electrons. The number of halogens is 3. The van der Waals surface area contributed by atoms with Crippen molar-refractivity contribution in [2.75, 3.05) is 12.4 Å². The van der Waals surface area contributed by atoms with Crippen LogP contribution in [-0.4, -0.2) is 13.1 Å². The summed E-state index contributed by atoms with van der Waals surface area (Å²) in [5, 5.41) is 4.34. The summed E-state index contributed by atoms with van der Waals surface area (Å²) in [5.74, 6) is -0.395. The highest BCUT2D eigenvalue weighted by Gasteiger charge is 2.23. The second kappa shape index (κ2) is 7.16. The molecule has 0 aliphatic heterocycles. The Morgan fingerprint density at radius 2 is 1.76 bits per heavy atom. The molecule has 2 aromatic carbocycles. The van der Waals surface area contributed by atoms with Gasteiger partial charge < -0.3 is 10.1 Å². The maximum Gasteiger partial charge on any atom is 0.333 e. The predicted molar refractivity (Wildman–Crippen MR) is 89.0 cm³/mol. The van der Waals surface area contributed by atoms with E-state index in [1.807, 2.05) is 0 Å². The molecule has 1 N–H and O–H groups in total. The first-order chi connectivity index (χ1) is 10.0. The van der Waals surface area contributed by atoms with Crippen molar-refractivity contribution in [2.45, 2.75) is 6.04 Å². The topological polar surface area (TPSA) is 38.3 Å². The zero-order valence-electron chi connectivity index (χ0n) is 11.1. The lowest BCUT2D eigenvalue weighted by Crippen LogP contribution is -2.22. The molecule has 1 atom stereocenters. The van der Waals surface area contributed by atoms with Gasteiger partial charge in [-0.3, -0.25) is 0 Å². The van der Waals surface area contributed by atoms with Crippen LogP contribution in [0.5, 0.6) is 0 Å². The lowest BCUT2D eigenvalue weighted by atomic mass is 10.1. The Kier molecular flexibility index (Phi) is 5.51. The van der Waals surface area contributed by atoms with Crippen molar-refractivity contribution in [3.05, 3.63) is 62.5 Å². The molecule has 21 heavy (non-hydrogen) atoms. The van der Waals surface area contributed by atoms with Crippen molar-refractivity contribution in [2.24, 2.45) is 0 Å². The minimum Gasteiger partial charge on any atom is -0.467 e. The van der Waals surface area contributed by atoms with Crippen molar-refractivity contribution in [1.29, 1.82) is 0 Å². The number of ether oxygens (including phenoxy) is 1. The van der Waals surface area contributed by atoms with Crippen LogP contribution in [-0.2, 0) is 9.53 Å². The van der Waals surface area contributed by atoms with Gasteiger partial charge >= 0.3 is 5.97 Å². The molecule has 0 saturated carbocycles. The van der Waals surface area contributed by atoms with Crippen molar-refractivity contribution >= 4 is 50.8 Å². The number of hydrogen-bond acceptors (Lipinski definition) is 3. The Bertz CT molecular complexity index is 647. The molecule has 0 fully saturated rings. The Balaban J connectivity index is 2.34. The van der Waals surface area contributed by atoms with Gasteiger partial charge in [-0.05, 0) is 42.0 Å². The molecular weight excluding hydrogens is 377 g/mol. The summed E-state index contributed by atoms with van der Waals surface area (Å²) in [6, 6.07) is 11.7. The van der Waals surface area contributed by atoms with Gasteiger partial charge in [0.15, 0.2) is 6.04 Å². The molecule has 0 heterocycles. The molecule has 3 nitrogen and oxygen atoms in total. The van der Waals surface area contributed by atoms with Gasteiger partial charge in [-0.15, -0.1) is 0 Å². The highest BCUT2D eigenvalue weighted by Crippen LogP contribution is 2.30. The summed E-state index contributed by atoms with van der Waals surface area (Å²) >= 11 is 15.2. The Morgan fingerprint density at radius 3 is 2.33 bits per heavy atom. The van der Waals surface area contributed by atoms with Crippen LogP contribution in [0.1, 0.15) is 11.6 Å². The van der Waals surface area contributed by atoms with Crippen LogP contribution < -0.4 is 5.32 Å². The van der Waals surface area contributed by atoms with Crippen molar-refractivity contribution in [3.8, 4) is 0 Å². The number of rotatable bonds is 4. The fourth-order valence-electron chi connectivity index (χ4n) is 1.83. The molecule has 6 heteroatoms. The van der Waals surface area contributed by atoms with Crippen LogP contribution in [0.4, 0.5) is 5.69 Å². The summed E-state index contributed by atoms with van der Waals surface area (Å²) in [6.07, 6.45) is 0. The molecule has 0 aliphatic rings. The molecule has 110 valence electrons. The van der Waals surface area contributed by atoms with E-state index in [1.165, 1.54) is 7.11 Å². The van der Waals surface area contributed by atoms with Crippen LogP contribution in [0.3, 0.4) is 0 Å². The monoisotopic (exact) mass is 387 g/mol. The average Bonchev–Trinajstić information content (AvgIpc) is 2.47. The van der Waals surface area contributed by atoms with Gasteiger partial charge in [0, 0.05) is 20.2 Å². The number of esters is 1. The average molecular weight is 389 g/mol.